The van der Waals surface area contributed by atoms with Crippen LogP contribution in [0.2, 0.25) is 0 Å². The van der Waals surface area contributed by atoms with E-state index in [9.17, 15) is 0 Å². The number of rotatable bonds is 8. The quantitative estimate of drug-likeness (QED) is 0.415. The first-order chi connectivity index (χ1) is 14.3. The molecule has 0 atom stereocenters. The lowest BCUT2D eigenvalue weighted by molar-refractivity contribution is 0.405. The van der Waals surface area contributed by atoms with Crippen molar-refractivity contribution in [3.05, 3.63) is 66.6 Å². The fourth-order valence-electron chi connectivity index (χ4n) is 3.24. The summed E-state index contributed by atoms with van der Waals surface area (Å²) in [5.74, 6) is 2.86. The lowest BCUT2D eigenvalue weighted by Gasteiger charge is -2.13. The number of nitrogens with zero attached hydrogens (tertiary/aromatic N) is 2. The Bertz CT molecular complexity index is 1110. The summed E-state index contributed by atoms with van der Waals surface area (Å²) in [5.41, 5.74) is 3.21. The van der Waals surface area contributed by atoms with Gasteiger partial charge in [-0.15, -0.1) is 0 Å². The van der Waals surface area contributed by atoms with Crippen LogP contribution < -0.4 is 20.1 Å². The van der Waals surface area contributed by atoms with Crippen LogP contribution in [0.1, 0.15) is 5.56 Å². The largest absolute Gasteiger partial charge is 0.497 e. The molecule has 0 aliphatic heterocycles. The molecule has 0 saturated heterocycles. The molecule has 0 amide bonds. The van der Waals surface area contributed by atoms with Crippen molar-refractivity contribution in [1.29, 1.82) is 0 Å². The minimum absolute atomic E-state index is 0.668. The first kappa shape index (κ1) is 18.6. The van der Waals surface area contributed by atoms with Gasteiger partial charge in [0, 0.05) is 35.8 Å². The Morgan fingerprint density at radius 2 is 1.83 bits per heavy atom. The van der Waals surface area contributed by atoms with E-state index in [1.165, 1.54) is 17.3 Å². The summed E-state index contributed by atoms with van der Waals surface area (Å²) in [5, 5.41) is 7.88. The van der Waals surface area contributed by atoms with Crippen LogP contribution in [0.15, 0.2) is 61.1 Å². The zero-order valence-electron chi connectivity index (χ0n) is 16.4. The number of H-pyrrole nitrogens is 1. The van der Waals surface area contributed by atoms with Gasteiger partial charge in [0.05, 0.1) is 19.9 Å². The van der Waals surface area contributed by atoms with Gasteiger partial charge in [0.2, 0.25) is 0 Å². The maximum absolute atomic E-state index is 5.41. The molecule has 0 saturated carbocycles. The van der Waals surface area contributed by atoms with Crippen molar-refractivity contribution >= 4 is 28.2 Å². The molecule has 148 valence electrons. The predicted octanol–water partition coefficient (Wildman–Crippen LogP) is 4.37. The highest BCUT2D eigenvalue weighted by Gasteiger charge is 2.08. The number of hydrogen-bond donors (Lipinski definition) is 3. The van der Waals surface area contributed by atoms with Crippen LogP contribution in [0, 0.1) is 0 Å². The minimum atomic E-state index is 0.668. The molecule has 2 aromatic heterocycles. The topological polar surface area (TPSA) is 84.1 Å². The second kappa shape index (κ2) is 8.52. The third-order valence-corrected chi connectivity index (χ3v) is 4.71. The smallest absolute Gasteiger partial charge is 0.142 e. The third-order valence-electron chi connectivity index (χ3n) is 4.71. The van der Waals surface area contributed by atoms with Crippen LogP contribution in [0.3, 0.4) is 0 Å². The van der Waals surface area contributed by atoms with E-state index in [1.54, 1.807) is 14.2 Å². The zero-order valence-corrected chi connectivity index (χ0v) is 16.4. The summed E-state index contributed by atoms with van der Waals surface area (Å²) in [6.45, 7) is 0.765. The molecule has 29 heavy (non-hydrogen) atoms. The second-order valence-corrected chi connectivity index (χ2v) is 6.52. The van der Waals surface area contributed by atoms with Crippen molar-refractivity contribution in [3.63, 3.8) is 0 Å². The van der Waals surface area contributed by atoms with E-state index in [1.807, 2.05) is 30.3 Å². The van der Waals surface area contributed by atoms with Gasteiger partial charge in [-0.1, -0.05) is 18.2 Å². The van der Waals surface area contributed by atoms with Crippen molar-refractivity contribution in [1.82, 2.24) is 15.0 Å². The first-order valence-corrected chi connectivity index (χ1v) is 9.37. The average Bonchev–Trinajstić information content (AvgIpc) is 3.17. The monoisotopic (exact) mass is 389 g/mol. The van der Waals surface area contributed by atoms with E-state index < -0.39 is 0 Å². The summed E-state index contributed by atoms with van der Waals surface area (Å²) >= 11 is 0. The number of fused-ring (bicyclic) bond motifs is 1. The van der Waals surface area contributed by atoms with Gasteiger partial charge >= 0.3 is 0 Å². The van der Waals surface area contributed by atoms with E-state index in [0.717, 1.165) is 35.7 Å². The number of para-hydroxylation sites is 1. The number of aromatic amines is 1. The number of nitrogens with one attached hydrogen (secondary N) is 3. The van der Waals surface area contributed by atoms with Crippen LogP contribution in [0.25, 0.3) is 10.9 Å². The summed E-state index contributed by atoms with van der Waals surface area (Å²) < 4.78 is 10.7. The molecule has 3 N–H and O–H groups in total. The lowest BCUT2D eigenvalue weighted by atomic mass is 10.1. The van der Waals surface area contributed by atoms with E-state index >= 15 is 0 Å². The van der Waals surface area contributed by atoms with Crippen molar-refractivity contribution in [2.24, 2.45) is 0 Å². The second-order valence-electron chi connectivity index (χ2n) is 6.52. The molecule has 2 heterocycles. The molecule has 7 heteroatoms. The summed E-state index contributed by atoms with van der Waals surface area (Å²) in [6.07, 6.45) is 4.48. The van der Waals surface area contributed by atoms with Gasteiger partial charge in [0.25, 0.3) is 0 Å². The van der Waals surface area contributed by atoms with Crippen LogP contribution in [-0.4, -0.2) is 35.7 Å². The van der Waals surface area contributed by atoms with Crippen LogP contribution in [0.5, 0.6) is 11.5 Å². The van der Waals surface area contributed by atoms with Gasteiger partial charge in [0.15, 0.2) is 0 Å². The molecular formula is C22H23N5O2. The Hall–Kier alpha value is -3.74. The molecule has 0 unspecified atom stereocenters. The van der Waals surface area contributed by atoms with Crippen LogP contribution in [-0.2, 0) is 6.42 Å². The number of benzene rings is 2. The summed E-state index contributed by atoms with van der Waals surface area (Å²) in [4.78, 5) is 11.9. The van der Waals surface area contributed by atoms with Crippen molar-refractivity contribution in [2.45, 2.75) is 6.42 Å². The number of methoxy groups -OCH3 is 2. The summed E-state index contributed by atoms with van der Waals surface area (Å²) in [7, 11) is 3.26. The molecule has 0 fully saturated rings. The number of hydrogen-bond acceptors (Lipinski definition) is 6. The molecule has 0 spiro atoms. The number of aromatic nitrogens is 3. The lowest BCUT2D eigenvalue weighted by Crippen LogP contribution is -2.07. The molecule has 0 bridgehead atoms. The van der Waals surface area contributed by atoms with E-state index in [-0.39, 0.29) is 0 Å². The Morgan fingerprint density at radius 3 is 2.69 bits per heavy atom. The summed E-state index contributed by atoms with van der Waals surface area (Å²) in [6, 6.07) is 15.7. The Balaban J connectivity index is 1.42. The number of anilines is 3. The van der Waals surface area contributed by atoms with Gasteiger partial charge in [-0.05, 0) is 30.2 Å². The maximum atomic E-state index is 5.41. The predicted molar refractivity (Wildman–Crippen MR) is 115 cm³/mol. The molecule has 4 aromatic rings. The number of ether oxygens (including phenoxy) is 2. The van der Waals surface area contributed by atoms with Crippen molar-refractivity contribution in [2.75, 3.05) is 31.4 Å². The standard InChI is InChI=1S/C22H23N5O2/c1-28-16-7-8-20(29-2)19(11-16)27-22-12-21(25-14-26-22)23-10-9-15-13-24-18-6-4-3-5-17(15)18/h3-8,11-14,24H,9-10H2,1-2H3,(H2,23,25,26,27). The van der Waals surface area contributed by atoms with Gasteiger partial charge in [-0.25, -0.2) is 9.97 Å². The average molecular weight is 389 g/mol. The normalized spacial score (nSPS) is 10.7. The van der Waals surface area contributed by atoms with Crippen LogP contribution >= 0.6 is 0 Å². The minimum Gasteiger partial charge on any atom is -0.497 e. The Kier molecular flexibility index (Phi) is 5.47. The Morgan fingerprint density at radius 1 is 0.966 bits per heavy atom. The fourth-order valence-corrected chi connectivity index (χ4v) is 3.24. The maximum Gasteiger partial charge on any atom is 0.142 e. The molecule has 4 rings (SSSR count). The van der Waals surface area contributed by atoms with E-state index in [2.05, 4.69) is 50.0 Å². The van der Waals surface area contributed by atoms with Gasteiger partial charge in [0.1, 0.15) is 29.5 Å². The van der Waals surface area contributed by atoms with Gasteiger partial charge in [-0.2, -0.15) is 0 Å². The Labute approximate surface area is 169 Å². The molecule has 2 aromatic carbocycles. The molecule has 0 radical (unpaired) electrons. The molecule has 0 aliphatic carbocycles. The fraction of sp³-hybridized carbons (Fsp3) is 0.182. The third kappa shape index (κ3) is 4.24. The molecule has 7 nitrogen and oxygen atoms in total. The zero-order chi connectivity index (χ0) is 20.1. The molecular weight excluding hydrogens is 366 g/mol. The highest BCUT2D eigenvalue weighted by atomic mass is 16.5. The van der Waals surface area contributed by atoms with Gasteiger partial charge in [-0.3, -0.25) is 0 Å². The highest BCUT2D eigenvalue weighted by Crippen LogP contribution is 2.31. The van der Waals surface area contributed by atoms with Crippen molar-refractivity contribution in [3.8, 4) is 11.5 Å². The van der Waals surface area contributed by atoms with E-state index in [4.69, 9.17) is 9.47 Å². The molecule has 0 aliphatic rings. The van der Waals surface area contributed by atoms with Crippen molar-refractivity contribution < 1.29 is 9.47 Å². The van der Waals surface area contributed by atoms with E-state index in [0.29, 0.717) is 11.6 Å². The highest BCUT2D eigenvalue weighted by molar-refractivity contribution is 5.83. The van der Waals surface area contributed by atoms with Crippen LogP contribution in [0.4, 0.5) is 17.3 Å². The SMILES string of the molecule is COc1ccc(OC)c(Nc2cc(NCCc3c[nH]c4ccccc34)ncn2)c1. The first-order valence-electron chi connectivity index (χ1n) is 9.37. The van der Waals surface area contributed by atoms with Gasteiger partial charge < -0.3 is 25.1 Å².